The zero-order valence-electron chi connectivity index (χ0n) is 11.0. The predicted molar refractivity (Wildman–Crippen MR) is 89.0 cm³/mol. The molecule has 2 heterocycles. The number of para-hydroxylation sites is 1. The molecule has 3 aromatic rings. The predicted octanol–water partition coefficient (Wildman–Crippen LogP) is 4.94. The molecule has 0 saturated heterocycles. The minimum atomic E-state index is 0.295. The lowest BCUT2D eigenvalue weighted by atomic mass is 10.2. The largest absolute Gasteiger partial charge is 0.454 e. The van der Waals surface area contributed by atoms with Gasteiger partial charge in [0.1, 0.15) is 0 Å². The van der Waals surface area contributed by atoms with Crippen LogP contribution >= 0.6 is 31.9 Å². The number of ether oxygens (including phenoxy) is 2. The highest BCUT2D eigenvalue weighted by Gasteiger charge is 2.17. The fourth-order valence-corrected chi connectivity index (χ4v) is 3.67. The van der Waals surface area contributed by atoms with Crippen LogP contribution in [0.15, 0.2) is 51.5 Å². The molecule has 1 aliphatic heterocycles. The second-order valence-electron chi connectivity index (χ2n) is 4.92. The second kappa shape index (κ2) is 5.07. The van der Waals surface area contributed by atoms with E-state index in [0.29, 0.717) is 6.79 Å². The SMILES string of the molecule is Brc1cc2c(cc1Cn1ccc3cccc(Br)c31)OCO2. The number of fused-ring (bicyclic) bond motifs is 2. The monoisotopic (exact) mass is 407 g/mol. The van der Waals surface area contributed by atoms with E-state index in [4.69, 9.17) is 9.47 Å². The van der Waals surface area contributed by atoms with Crippen LogP contribution in [0.1, 0.15) is 5.56 Å². The molecule has 4 rings (SSSR count). The van der Waals surface area contributed by atoms with Crippen molar-refractivity contribution in [2.45, 2.75) is 6.54 Å². The fourth-order valence-electron chi connectivity index (χ4n) is 2.61. The molecule has 0 aliphatic carbocycles. The van der Waals surface area contributed by atoms with Crippen molar-refractivity contribution in [1.29, 1.82) is 0 Å². The van der Waals surface area contributed by atoms with Gasteiger partial charge in [-0.1, -0.05) is 28.1 Å². The molecule has 1 aliphatic rings. The normalized spacial score (nSPS) is 13.0. The third-order valence-electron chi connectivity index (χ3n) is 3.62. The number of hydrogen-bond acceptors (Lipinski definition) is 2. The highest BCUT2D eigenvalue weighted by molar-refractivity contribution is 9.11. The van der Waals surface area contributed by atoms with Crippen LogP contribution in [0.4, 0.5) is 0 Å². The van der Waals surface area contributed by atoms with Gasteiger partial charge in [-0.15, -0.1) is 0 Å². The maximum atomic E-state index is 5.46. The molecule has 1 aromatic heterocycles. The van der Waals surface area contributed by atoms with Gasteiger partial charge in [0.2, 0.25) is 6.79 Å². The summed E-state index contributed by atoms with van der Waals surface area (Å²) in [4.78, 5) is 0. The molecule has 0 bridgehead atoms. The van der Waals surface area contributed by atoms with Crippen molar-refractivity contribution in [2.24, 2.45) is 0 Å². The Morgan fingerprint density at radius 2 is 1.81 bits per heavy atom. The summed E-state index contributed by atoms with van der Waals surface area (Å²) < 4.78 is 15.2. The van der Waals surface area contributed by atoms with E-state index in [0.717, 1.165) is 32.6 Å². The summed E-state index contributed by atoms with van der Waals surface area (Å²) in [5.74, 6) is 1.60. The van der Waals surface area contributed by atoms with Gasteiger partial charge >= 0.3 is 0 Å². The minimum absolute atomic E-state index is 0.295. The summed E-state index contributed by atoms with van der Waals surface area (Å²) in [7, 11) is 0. The summed E-state index contributed by atoms with van der Waals surface area (Å²) in [6, 6.07) is 12.4. The van der Waals surface area contributed by atoms with Crippen LogP contribution in [0.5, 0.6) is 11.5 Å². The smallest absolute Gasteiger partial charge is 0.231 e. The summed E-state index contributed by atoms with van der Waals surface area (Å²) in [6.45, 7) is 1.06. The van der Waals surface area contributed by atoms with Crippen molar-refractivity contribution in [3.8, 4) is 11.5 Å². The average molecular weight is 409 g/mol. The minimum Gasteiger partial charge on any atom is -0.454 e. The molecule has 21 heavy (non-hydrogen) atoms. The molecule has 0 amide bonds. The van der Waals surface area contributed by atoms with Crippen LogP contribution < -0.4 is 9.47 Å². The third-order valence-corrected chi connectivity index (χ3v) is 5.00. The number of rotatable bonds is 2. The number of hydrogen-bond donors (Lipinski definition) is 0. The standard InChI is InChI=1S/C16H11Br2NO2/c17-12-3-1-2-10-4-5-19(16(10)12)8-11-6-14-15(7-13(11)18)21-9-20-14/h1-7H,8-9H2. The lowest BCUT2D eigenvalue weighted by Crippen LogP contribution is -1.99. The summed E-state index contributed by atoms with van der Waals surface area (Å²) in [5, 5.41) is 1.22. The maximum Gasteiger partial charge on any atom is 0.231 e. The molecule has 0 spiro atoms. The Balaban J connectivity index is 1.78. The van der Waals surface area contributed by atoms with Crippen LogP contribution in [0.3, 0.4) is 0 Å². The maximum absolute atomic E-state index is 5.46. The quantitative estimate of drug-likeness (QED) is 0.599. The molecule has 0 saturated carbocycles. The molecule has 5 heteroatoms. The molecular weight excluding hydrogens is 398 g/mol. The summed E-state index contributed by atoms with van der Waals surface area (Å²) >= 11 is 7.25. The number of aromatic nitrogens is 1. The average Bonchev–Trinajstić information content (AvgIpc) is 3.07. The van der Waals surface area contributed by atoms with Gasteiger partial charge in [0.05, 0.1) is 5.52 Å². The van der Waals surface area contributed by atoms with E-state index in [-0.39, 0.29) is 0 Å². The van der Waals surface area contributed by atoms with Gasteiger partial charge in [-0.3, -0.25) is 0 Å². The van der Waals surface area contributed by atoms with E-state index in [9.17, 15) is 0 Å². The first-order valence-corrected chi connectivity index (χ1v) is 8.12. The first-order valence-electron chi connectivity index (χ1n) is 6.54. The Morgan fingerprint density at radius 3 is 2.67 bits per heavy atom. The van der Waals surface area contributed by atoms with Gasteiger partial charge in [-0.05, 0) is 45.8 Å². The van der Waals surface area contributed by atoms with Crippen LogP contribution in [0, 0.1) is 0 Å². The summed E-state index contributed by atoms with van der Waals surface area (Å²) in [5.41, 5.74) is 2.36. The Morgan fingerprint density at radius 1 is 1.00 bits per heavy atom. The van der Waals surface area contributed by atoms with Crippen LogP contribution in [-0.2, 0) is 6.54 Å². The van der Waals surface area contributed by atoms with Gasteiger partial charge in [-0.25, -0.2) is 0 Å². The molecule has 0 radical (unpaired) electrons. The highest BCUT2D eigenvalue weighted by Crippen LogP contribution is 2.37. The van der Waals surface area contributed by atoms with Crippen molar-refractivity contribution in [1.82, 2.24) is 4.57 Å². The van der Waals surface area contributed by atoms with E-state index >= 15 is 0 Å². The van der Waals surface area contributed by atoms with Crippen molar-refractivity contribution in [3.63, 3.8) is 0 Å². The first-order chi connectivity index (χ1) is 10.2. The highest BCUT2D eigenvalue weighted by atomic mass is 79.9. The molecule has 2 aromatic carbocycles. The van der Waals surface area contributed by atoms with Crippen LogP contribution in [0.25, 0.3) is 10.9 Å². The lowest BCUT2D eigenvalue weighted by Gasteiger charge is -2.10. The topological polar surface area (TPSA) is 23.4 Å². The van der Waals surface area contributed by atoms with E-state index in [1.807, 2.05) is 18.2 Å². The van der Waals surface area contributed by atoms with Gasteiger partial charge in [0, 0.05) is 27.1 Å². The Hall–Kier alpha value is -1.46. The number of halogens is 2. The molecule has 0 N–H and O–H groups in total. The lowest BCUT2D eigenvalue weighted by molar-refractivity contribution is 0.174. The number of benzene rings is 2. The molecule has 0 atom stereocenters. The Labute approximate surface area is 138 Å². The van der Waals surface area contributed by atoms with Crippen LogP contribution in [-0.4, -0.2) is 11.4 Å². The van der Waals surface area contributed by atoms with Crippen molar-refractivity contribution < 1.29 is 9.47 Å². The Bertz CT molecular complexity index is 842. The van der Waals surface area contributed by atoms with Crippen molar-refractivity contribution >= 4 is 42.8 Å². The van der Waals surface area contributed by atoms with E-state index in [1.54, 1.807) is 0 Å². The zero-order valence-corrected chi connectivity index (χ0v) is 14.1. The van der Waals surface area contributed by atoms with E-state index in [2.05, 4.69) is 60.8 Å². The number of nitrogens with zero attached hydrogens (tertiary/aromatic N) is 1. The van der Waals surface area contributed by atoms with Gasteiger partial charge in [0.15, 0.2) is 11.5 Å². The van der Waals surface area contributed by atoms with Crippen LogP contribution in [0.2, 0.25) is 0 Å². The van der Waals surface area contributed by atoms with E-state index in [1.165, 1.54) is 10.9 Å². The second-order valence-corrected chi connectivity index (χ2v) is 6.63. The fraction of sp³-hybridized carbons (Fsp3) is 0.125. The molecule has 3 nitrogen and oxygen atoms in total. The van der Waals surface area contributed by atoms with Gasteiger partial charge < -0.3 is 14.0 Å². The zero-order chi connectivity index (χ0) is 14.4. The first kappa shape index (κ1) is 13.2. The van der Waals surface area contributed by atoms with Gasteiger partial charge in [-0.2, -0.15) is 0 Å². The molecule has 0 unspecified atom stereocenters. The molecular formula is C16H11Br2NO2. The van der Waals surface area contributed by atoms with E-state index < -0.39 is 0 Å². The third kappa shape index (κ3) is 2.24. The van der Waals surface area contributed by atoms with Crippen molar-refractivity contribution in [3.05, 3.63) is 57.1 Å². The summed E-state index contributed by atoms with van der Waals surface area (Å²) in [6.07, 6.45) is 2.10. The Kier molecular flexibility index (Phi) is 3.19. The van der Waals surface area contributed by atoms with Crippen molar-refractivity contribution in [2.75, 3.05) is 6.79 Å². The molecule has 106 valence electrons. The van der Waals surface area contributed by atoms with Gasteiger partial charge in [0.25, 0.3) is 0 Å². The molecule has 0 fully saturated rings.